The Morgan fingerprint density at radius 3 is 2.51 bits per heavy atom. The summed E-state index contributed by atoms with van der Waals surface area (Å²) in [5.41, 5.74) is 0.992. The van der Waals surface area contributed by atoms with Gasteiger partial charge in [0, 0.05) is 23.1 Å². The van der Waals surface area contributed by atoms with Crippen LogP contribution in [0.5, 0.6) is 5.75 Å². The van der Waals surface area contributed by atoms with Gasteiger partial charge in [0.1, 0.15) is 16.3 Å². The Bertz CT molecular complexity index is 1300. The number of carbonyl (C=O) groups excluding carboxylic acids is 2. The first-order chi connectivity index (χ1) is 17.8. The van der Waals surface area contributed by atoms with E-state index in [1.807, 2.05) is 0 Å². The molecule has 198 valence electrons. The molecule has 0 radical (unpaired) electrons. The number of imidazole rings is 1. The zero-order valence-corrected chi connectivity index (χ0v) is 23.0. The van der Waals surface area contributed by atoms with Gasteiger partial charge in [0.05, 0.1) is 31.9 Å². The number of amides is 1. The fourth-order valence-corrected chi connectivity index (χ4v) is 5.54. The standard InChI is InChI=1S/C25H29BrN4O6S/c1-3-36-24(31)7-5-4-6-14-30(20-11-8-18(26)9-12-20)37(33,34)23-15-19(10-13-22(23)35-2)29-25(32)21-16-27-17-28-21/h8-13,15-17H,3-7,14H2,1-2H3,(H,27,28)(H,29,32). The van der Waals surface area contributed by atoms with Crippen molar-refractivity contribution in [2.45, 2.75) is 37.5 Å². The maximum Gasteiger partial charge on any atom is 0.305 e. The lowest BCUT2D eigenvalue weighted by Crippen LogP contribution is -2.32. The van der Waals surface area contributed by atoms with E-state index in [4.69, 9.17) is 9.47 Å². The molecule has 0 aliphatic rings. The van der Waals surface area contributed by atoms with E-state index in [1.54, 1.807) is 37.3 Å². The highest BCUT2D eigenvalue weighted by molar-refractivity contribution is 9.10. The third kappa shape index (κ3) is 7.56. The summed E-state index contributed by atoms with van der Waals surface area (Å²) in [5, 5.41) is 2.68. The van der Waals surface area contributed by atoms with Crippen LogP contribution in [0.4, 0.5) is 11.4 Å². The number of ether oxygens (including phenoxy) is 2. The monoisotopic (exact) mass is 592 g/mol. The van der Waals surface area contributed by atoms with E-state index in [-0.39, 0.29) is 41.0 Å². The number of hydrogen-bond donors (Lipinski definition) is 2. The maximum absolute atomic E-state index is 14.0. The number of anilines is 2. The second kappa shape index (κ2) is 13.2. The Morgan fingerprint density at radius 1 is 1.11 bits per heavy atom. The third-order valence-corrected chi connectivity index (χ3v) is 7.77. The van der Waals surface area contributed by atoms with Crippen molar-refractivity contribution in [2.24, 2.45) is 0 Å². The summed E-state index contributed by atoms with van der Waals surface area (Å²) in [6.07, 6.45) is 4.78. The Labute approximate surface area is 224 Å². The van der Waals surface area contributed by atoms with Crippen LogP contribution in [0.25, 0.3) is 0 Å². The molecule has 0 saturated heterocycles. The van der Waals surface area contributed by atoms with Gasteiger partial charge in [-0.3, -0.25) is 13.9 Å². The van der Waals surface area contributed by atoms with Gasteiger partial charge >= 0.3 is 5.97 Å². The van der Waals surface area contributed by atoms with Gasteiger partial charge in [-0.1, -0.05) is 22.4 Å². The third-order valence-electron chi connectivity index (χ3n) is 5.39. The lowest BCUT2D eigenvalue weighted by Gasteiger charge is -2.26. The molecule has 3 aromatic rings. The number of aromatic amines is 1. The van der Waals surface area contributed by atoms with Crippen molar-refractivity contribution < 1.29 is 27.5 Å². The molecule has 2 aromatic carbocycles. The van der Waals surface area contributed by atoms with Crippen LogP contribution in [0.3, 0.4) is 0 Å². The summed E-state index contributed by atoms with van der Waals surface area (Å²) in [5.74, 6) is -0.583. The number of sulfonamides is 1. The van der Waals surface area contributed by atoms with Gasteiger partial charge in [0.15, 0.2) is 0 Å². The molecule has 12 heteroatoms. The molecule has 0 bridgehead atoms. The summed E-state index contributed by atoms with van der Waals surface area (Å²) in [6.45, 7) is 2.27. The molecular weight excluding hydrogens is 564 g/mol. The molecule has 0 aliphatic carbocycles. The highest BCUT2D eigenvalue weighted by atomic mass is 79.9. The van der Waals surface area contributed by atoms with Gasteiger partial charge in [0.2, 0.25) is 0 Å². The van der Waals surface area contributed by atoms with Crippen molar-refractivity contribution in [1.29, 1.82) is 0 Å². The molecule has 1 amide bonds. The quantitative estimate of drug-likeness (QED) is 0.216. The number of carbonyl (C=O) groups is 2. The number of H-pyrrole nitrogens is 1. The number of benzene rings is 2. The van der Waals surface area contributed by atoms with Gasteiger partial charge in [-0.05, 0) is 62.2 Å². The minimum atomic E-state index is -4.10. The normalized spacial score (nSPS) is 11.1. The number of unbranched alkanes of at least 4 members (excludes halogenated alkanes) is 2. The molecule has 0 aliphatic heterocycles. The SMILES string of the molecule is CCOC(=O)CCCCCN(c1ccc(Br)cc1)S(=O)(=O)c1cc(NC(=O)c2cnc[nH]2)ccc1OC. The van der Waals surface area contributed by atoms with Crippen molar-refractivity contribution >= 4 is 49.2 Å². The van der Waals surface area contributed by atoms with E-state index in [9.17, 15) is 18.0 Å². The minimum absolute atomic E-state index is 0.0909. The number of halogens is 1. The molecular formula is C25H29BrN4O6S. The van der Waals surface area contributed by atoms with Crippen LogP contribution in [0.1, 0.15) is 43.1 Å². The van der Waals surface area contributed by atoms with Gasteiger partial charge in [0.25, 0.3) is 15.9 Å². The lowest BCUT2D eigenvalue weighted by atomic mass is 10.2. The lowest BCUT2D eigenvalue weighted by molar-refractivity contribution is -0.143. The highest BCUT2D eigenvalue weighted by Gasteiger charge is 2.29. The molecule has 1 aromatic heterocycles. The van der Waals surface area contributed by atoms with Crippen molar-refractivity contribution in [1.82, 2.24) is 9.97 Å². The largest absolute Gasteiger partial charge is 0.495 e. The first-order valence-corrected chi connectivity index (χ1v) is 13.9. The average molecular weight is 594 g/mol. The Hall–Kier alpha value is -3.38. The predicted octanol–water partition coefficient (Wildman–Crippen LogP) is 4.75. The molecule has 0 unspecified atom stereocenters. The number of nitrogens with one attached hydrogen (secondary N) is 2. The van der Waals surface area contributed by atoms with E-state index >= 15 is 0 Å². The zero-order valence-electron chi connectivity index (χ0n) is 20.6. The molecule has 0 spiro atoms. The summed E-state index contributed by atoms with van der Waals surface area (Å²) in [6, 6.07) is 11.4. The van der Waals surface area contributed by atoms with Crippen LogP contribution in [-0.2, 0) is 19.6 Å². The molecule has 2 N–H and O–H groups in total. The summed E-state index contributed by atoms with van der Waals surface area (Å²) >= 11 is 3.38. The number of rotatable bonds is 13. The fraction of sp³-hybridized carbons (Fsp3) is 0.320. The van der Waals surface area contributed by atoms with E-state index in [2.05, 4.69) is 31.2 Å². The summed E-state index contributed by atoms with van der Waals surface area (Å²) in [7, 11) is -2.72. The Morgan fingerprint density at radius 2 is 1.86 bits per heavy atom. The van der Waals surface area contributed by atoms with Crippen LogP contribution in [-0.4, -0.2) is 50.5 Å². The highest BCUT2D eigenvalue weighted by Crippen LogP contribution is 2.33. The molecule has 0 atom stereocenters. The predicted molar refractivity (Wildman–Crippen MR) is 143 cm³/mol. The fourth-order valence-electron chi connectivity index (χ4n) is 3.58. The van der Waals surface area contributed by atoms with Crippen molar-refractivity contribution in [3.05, 3.63) is 65.2 Å². The number of aromatic nitrogens is 2. The first-order valence-electron chi connectivity index (χ1n) is 11.7. The van der Waals surface area contributed by atoms with Crippen molar-refractivity contribution in [3.8, 4) is 5.75 Å². The number of nitrogens with zero attached hydrogens (tertiary/aromatic N) is 2. The second-order valence-corrected chi connectivity index (χ2v) is 10.7. The van der Waals surface area contributed by atoms with Gasteiger partial charge in [-0.2, -0.15) is 0 Å². The first kappa shape index (κ1) is 28.2. The van der Waals surface area contributed by atoms with Crippen molar-refractivity contribution in [2.75, 3.05) is 29.9 Å². The van der Waals surface area contributed by atoms with E-state index < -0.39 is 15.9 Å². The Balaban J connectivity index is 1.87. The van der Waals surface area contributed by atoms with E-state index in [1.165, 1.54) is 36.1 Å². The Kier molecular flexibility index (Phi) is 10.1. The molecule has 0 fully saturated rings. The molecule has 1 heterocycles. The molecule has 3 rings (SSSR count). The zero-order chi connectivity index (χ0) is 26.8. The molecule has 10 nitrogen and oxygen atoms in total. The van der Waals surface area contributed by atoms with Crippen LogP contribution in [0, 0.1) is 0 Å². The summed E-state index contributed by atoms with van der Waals surface area (Å²) in [4.78, 5) is 30.5. The van der Waals surface area contributed by atoms with Crippen LogP contribution in [0.2, 0.25) is 0 Å². The molecule has 0 saturated carbocycles. The maximum atomic E-state index is 14.0. The van der Waals surface area contributed by atoms with Crippen LogP contribution >= 0.6 is 15.9 Å². The number of methoxy groups -OCH3 is 1. The van der Waals surface area contributed by atoms with Gasteiger partial charge in [-0.15, -0.1) is 0 Å². The molecule has 37 heavy (non-hydrogen) atoms. The number of esters is 1. The second-order valence-electron chi connectivity index (χ2n) is 7.95. The minimum Gasteiger partial charge on any atom is -0.495 e. The van der Waals surface area contributed by atoms with Gasteiger partial charge < -0.3 is 19.8 Å². The van der Waals surface area contributed by atoms with Gasteiger partial charge in [-0.25, -0.2) is 13.4 Å². The smallest absolute Gasteiger partial charge is 0.305 e. The van der Waals surface area contributed by atoms with Crippen LogP contribution in [0.15, 0.2) is 64.4 Å². The van der Waals surface area contributed by atoms with E-state index in [0.717, 1.165) is 4.47 Å². The topological polar surface area (TPSA) is 131 Å². The summed E-state index contributed by atoms with van der Waals surface area (Å²) < 4.78 is 40.3. The van der Waals surface area contributed by atoms with E-state index in [0.29, 0.717) is 31.6 Å². The van der Waals surface area contributed by atoms with Crippen LogP contribution < -0.4 is 14.4 Å². The number of hydrogen-bond acceptors (Lipinski definition) is 7. The average Bonchev–Trinajstić information content (AvgIpc) is 3.42. The van der Waals surface area contributed by atoms with Crippen molar-refractivity contribution in [3.63, 3.8) is 0 Å².